The van der Waals surface area contributed by atoms with E-state index in [1.165, 1.54) is 0 Å². The van der Waals surface area contributed by atoms with Crippen molar-refractivity contribution in [2.75, 3.05) is 26.3 Å². The number of halogens is 1. The molecule has 1 heterocycles. The van der Waals surface area contributed by atoms with Crippen molar-refractivity contribution in [2.24, 2.45) is 5.73 Å². The van der Waals surface area contributed by atoms with Crippen LogP contribution in [-0.2, 0) is 4.74 Å². The van der Waals surface area contributed by atoms with E-state index in [-0.39, 0.29) is 11.9 Å². The average Bonchev–Trinajstić information content (AvgIpc) is 2.39. The minimum atomic E-state index is -0.000694. The van der Waals surface area contributed by atoms with Gasteiger partial charge in [0.2, 0.25) is 0 Å². The molecule has 0 bridgehead atoms. The highest BCUT2D eigenvalue weighted by molar-refractivity contribution is 6.30. The highest BCUT2D eigenvalue weighted by Gasteiger charge is 2.27. The molecule has 1 aliphatic heterocycles. The van der Waals surface area contributed by atoms with Crippen molar-refractivity contribution >= 4 is 17.5 Å². The number of morpholine rings is 1. The molecule has 1 aromatic carbocycles. The van der Waals surface area contributed by atoms with E-state index in [0.717, 1.165) is 6.42 Å². The van der Waals surface area contributed by atoms with Gasteiger partial charge in [-0.1, -0.05) is 17.7 Å². The van der Waals surface area contributed by atoms with Crippen LogP contribution in [0.5, 0.6) is 0 Å². The van der Waals surface area contributed by atoms with E-state index in [9.17, 15) is 4.79 Å². The Labute approximate surface area is 112 Å². The largest absolute Gasteiger partial charge is 0.377 e. The first-order valence-corrected chi connectivity index (χ1v) is 6.44. The number of nitrogens with two attached hydrogens (primary N) is 1. The summed E-state index contributed by atoms with van der Waals surface area (Å²) in [5, 5.41) is 0.574. The molecule has 98 valence electrons. The third kappa shape index (κ3) is 3.02. The van der Waals surface area contributed by atoms with Crippen LogP contribution in [0.15, 0.2) is 24.3 Å². The normalized spacial score (nSPS) is 19.9. The second-order valence-electron chi connectivity index (χ2n) is 4.31. The first-order valence-electron chi connectivity index (χ1n) is 6.06. The van der Waals surface area contributed by atoms with E-state index >= 15 is 0 Å². The smallest absolute Gasteiger partial charge is 0.254 e. The Bertz CT molecular complexity index is 423. The highest BCUT2D eigenvalue weighted by Crippen LogP contribution is 2.17. The third-order valence-electron chi connectivity index (χ3n) is 3.06. The molecule has 1 fully saturated rings. The van der Waals surface area contributed by atoms with Crippen molar-refractivity contribution in [3.63, 3.8) is 0 Å². The van der Waals surface area contributed by atoms with Crippen LogP contribution in [0.2, 0.25) is 5.02 Å². The number of carbonyl (C=O) groups is 1. The van der Waals surface area contributed by atoms with E-state index in [1.807, 2.05) is 4.90 Å². The Morgan fingerprint density at radius 2 is 2.39 bits per heavy atom. The van der Waals surface area contributed by atoms with Gasteiger partial charge in [-0.2, -0.15) is 0 Å². The van der Waals surface area contributed by atoms with E-state index in [1.54, 1.807) is 24.3 Å². The van der Waals surface area contributed by atoms with Crippen LogP contribution in [0.4, 0.5) is 0 Å². The maximum Gasteiger partial charge on any atom is 0.254 e. The van der Waals surface area contributed by atoms with Crippen LogP contribution < -0.4 is 5.73 Å². The molecule has 1 aliphatic rings. The van der Waals surface area contributed by atoms with Gasteiger partial charge in [-0.15, -0.1) is 0 Å². The molecule has 1 unspecified atom stereocenters. The van der Waals surface area contributed by atoms with Gasteiger partial charge in [-0.25, -0.2) is 0 Å². The predicted molar refractivity (Wildman–Crippen MR) is 70.8 cm³/mol. The van der Waals surface area contributed by atoms with Crippen LogP contribution in [0, 0.1) is 0 Å². The summed E-state index contributed by atoms with van der Waals surface area (Å²) in [6, 6.07) is 7.08. The number of hydrogen-bond donors (Lipinski definition) is 1. The zero-order valence-corrected chi connectivity index (χ0v) is 10.9. The van der Waals surface area contributed by atoms with Gasteiger partial charge in [0.1, 0.15) is 0 Å². The number of rotatable bonds is 3. The standard InChI is InChI=1S/C13H17ClN2O2/c14-11-3-1-2-10(8-11)13(17)16-6-7-18-9-12(16)4-5-15/h1-3,8,12H,4-7,9,15H2. The first kappa shape index (κ1) is 13.3. The maximum absolute atomic E-state index is 12.4. The first-order chi connectivity index (χ1) is 8.72. The molecule has 1 amide bonds. The predicted octanol–water partition coefficient (Wildman–Crippen LogP) is 1.53. The Morgan fingerprint density at radius 1 is 1.56 bits per heavy atom. The maximum atomic E-state index is 12.4. The van der Waals surface area contributed by atoms with Crippen molar-refractivity contribution in [1.82, 2.24) is 4.90 Å². The lowest BCUT2D eigenvalue weighted by atomic mass is 10.1. The van der Waals surface area contributed by atoms with Crippen LogP contribution in [0.1, 0.15) is 16.8 Å². The fourth-order valence-electron chi connectivity index (χ4n) is 2.14. The quantitative estimate of drug-likeness (QED) is 0.905. The Balaban J connectivity index is 2.15. The molecule has 0 spiro atoms. The fraction of sp³-hybridized carbons (Fsp3) is 0.462. The molecular weight excluding hydrogens is 252 g/mol. The van der Waals surface area contributed by atoms with Crippen LogP contribution in [0.25, 0.3) is 0 Å². The summed E-state index contributed by atoms with van der Waals surface area (Å²) >= 11 is 5.91. The lowest BCUT2D eigenvalue weighted by molar-refractivity contribution is -0.00344. The fourth-order valence-corrected chi connectivity index (χ4v) is 2.33. The average molecular weight is 269 g/mol. The molecule has 1 aromatic rings. The number of amides is 1. The monoisotopic (exact) mass is 268 g/mol. The van der Waals surface area contributed by atoms with Crippen molar-refractivity contribution < 1.29 is 9.53 Å². The Morgan fingerprint density at radius 3 is 3.11 bits per heavy atom. The summed E-state index contributed by atoms with van der Waals surface area (Å²) < 4.78 is 5.40. The van der Waals surface area contributed by atoms with E-state index in [2.05, 4.69) is 0 Å². The third-order valence-corrected chi connectivity index (χ3v) is 3.29. The minimum absolute atomic E-state index is 0.000694. The molecule has 0 radical (unpaired) electrons. The van der Waals surface area contributed by atoms with E-state index in [4.69, 9.17) is 22.1 Å². The van der Waals surface area contributed by atoms with Crippen molar-refractivity contribution in [1.29, 1.82) is 0 Å². The molecular formula is C13H17ClN2O2. The molecule has 18 heavy (non-hydrogen) atoms. The second-order valence-corrected chi connectivity index (χ2v) is 4.75. The number of benzene rings is 1. The summed E-state index contributed by atoms with van der Waals surface area (Å²) in [6.45, 7) is 2.29. The van der Waals surface area contributed by atoms with Crippen LogP contribution >= 0.6 is 11.6 Å². The van der Waals surface area contributed by atoms with Crippen LogP contribution in [0.3, 0.4) is 0 Å². The van der Waals surface area contributed by atoms with Gasteiger partial charge in [-0.3, -0.25) is 4.79 Å². The number of hydrogen-bond acceptors (Lipinski definition) is 3. The molecule has 1 atom stereocenters. The Kier molecular flexibility index (Phi) is 4.58. The lowest BCUT2D eigenvalue weighted by Gasteiger charge is -2.35. The van der Waals surface area contributed by atoms with Crippen LogP contribution in [-0.4, -0.2) is 43.2 Å². The molecule has 4 nitrogen and oxygen atoms in total. The summed E-state index contributed by atoms with van der Waals surface area (Å²) in [5.74, 6) is -0.000694. The van der Waals surface area contributed by atoms with E-state index in [0.29, 0.717) is 36.9 Å². The Hall–Kier alpha value is -1.10. The van der Waals surface area contributed by atoms with Gasteiger partial charge in [0, 0.05) is 17.1 Å². The molecule has 2 N–H and O–H groups in total. The topological polar surface area (TPSA) is 55.6 Å². The van der Waals surface area contributed by atoms with Gasteiger partial charge in [0.25, 0.3) is 5.91 Å². The van der Waals surface area contributed by atoms with Gasteiger partial charge < -0.3 is 15.4 Å². The zero-order valence-electron chi connectivity index (χ0n) is 10.1. The molecule has 0 aromatic heterocycles. The van der Waals surface area contributed by atoms with Gasteiger partial charge >= 0.3 is 0 Å². The summed E-state index contributed by atoms with van der Waals surface area (Å²) in [4.78, 5) is 14.2. The number of nitrogens with zero attached hydrogens (tertiary/aromatic N) is 1. The molecule has 0 saturated carbocycles. The molecule has 5 heteroatoms. The van der Waals surface area contributed by atoms with Gasteiger partial charge in [0.05, 0.1) is 19.3 Å². The van der Waals surface area contributed by atoms with Crippen molar-refractivity contribution in [3.8, 4) is 0 Å². The summed E-state index contributed by atoms with van der Waals surface area (Å²) in [5.41, 5.74) is 6.19. The SMILES string of the molecule is NCCC1COCCN1C(=O)c1cccc(Cl)c1. The molecule has 1 saturated heterocycles. The zero-order chi connectivity index (χ0) is 13.0. The van der Waals surface area contributed by atoms with Crippen molar-refractivity contribution in [2.45, 2.75) is 12.5 Å². The summed E-state index contributed by atoms with van der Waals surface area (Å²) in [6.07, 6.45) is 0.756. The van der Waals surface area contributed by atoms with Crippen molar-refractivity contribution in [3.05, 3.63) is 34.9 Å². The van der Waals surface area contributed by atoms with Gasteiger partial charge in [0.15, 0.2) is 0 Å². The number of ether oxygens (including phenoxy) is 1. The second kappa shape index (κ2) is 6.18. The summed E-state index contributed by atoms with van der Waals surface area (Å²) in [7, 11) is 0. The highest BCUT2D eigenvalue weighted by atomic mass is 35.5. The number of carbonyl (C=O) groups excluding carboxylic acids is 1. The lowest BCUT2D eigenvalue weighted by Crippen LogP contribution is -2.49. The van der Waals surface area contributed by atoms with Gasteiger partial charge in [-0.05, 0) is 31.2 Å². The van der Waals surface area contributed by atoms with E-state index < -0.39 is 0 Å². The molecule has 0 aliphatic carbocycles. The molecule has 2 rings (SSSR count). The minimum Gasteiger partial charge on any atom is -0.377 e.